The van der Waals surface area contributed by atoms with E-state index in [2.05, 4.69) is 43.5 Å². The third kappa shape index (κ3) is 4.98. The van der Waals surface area contributed by atoms with Crippen LogP contribution in [0.3, 0.4) is 0 Å². The number of halogens is 1. The summed E-state index contributed by atoms with van der Waals surface area (Å²) in [6.45, 7) is 6.42. The lowest BCUT2D eigenvalue weighted by Gasteiger charge is -2.37. The van der Waals surface area contributed by atoms with Crippen molar-refractivity contribution in [2.24, 2.45) is 0 Å². The van der Waals surface area contributed by atoms with E-state index in [1.807, 2.05) is 18.2 Å². The van der Waals surface area contributed by atoms with Crippen LogP contribution < -0.4 is 4.90 Å². The summed E-state index contributed by atoms with van der Waals surface area (Å²) in [6.07, 6.45) is 12.1. The molecule has 2 aliphatic rings. The second kappa shape index (κ2) is 10.4. The molecule has 6 nitrogen and oxygen atoms in total. The zero-order valence-electron chi connectivity index (χ0n) is 19.9. The van der Waals surface area contributed by atoms with Crippen molar-refractivity contribution < 1.29 is 4.39 Å². The summed E-state index contributed by atoms with van der Waals surface area (Å²) in [6, 6.07) is 10.9. The van der Waals surface area contributed by atoms with Crippen molar-refractivity contribution in [3.05, 3.63) is 72.1 Å². The monoisotopic (exact) mass is 460 g/mol. The second-order valence-electron chi connectivity index (χ2n) is 9.26. The molecule has 2 fully saturated rings. The van der Waals surface area contributed by atoms with E-state index in [4.69, 9.17) is 5.10 Å². The highest BCUT2D eigenvalue weighted by Gasteiger charge is 2.24. The second-order valence-corrected chi connectivity index (χ2v) is 9.26. The summed E-state index contributed by atoms with van der Waals surface area (Å²) in [7, 11) is 0. The number of allylic oxidation sites excluding steroid dienone is 2. The van der Waals surface area contributed by atoms with Crippen molar-refractivity contribution in [2.45, 2.75) is 51.5 Å². The first kappa shape index (κ1) is 22.6. The minimum absolute atomic E-state index is 0.211. The van der Waals surface area contributed by atoms with Gasteiger partial charge in [0.05, 0.1) is 17.9 Å². The first-order valence-corrected chi connectivity index (χ1v) is 12.5. The quantitative estimate of drug-likeness (QED) is 0.503. The highest BCUT2D eigenvalue weighted by molar-refractivity contribution is 5.60. The van der Waals surface area contributed by atoms with Crippen LogP contribution in [0.2, 0.25) is 0 Å². The van der Waals surface area contributed by atoms with Gasteiger partial charge in [-0.05, 0) is 56.2 Å². The van der Waals surface area contributed by atoms with Crippen molar-refractivity contribution in [1.29, 1.82) is 0 Å². The topological polar surface area (TPSA) is 50.1 Å². The predicted molar refractivity (Wildman–Crippen MR) is 133 cm³/mol. The van der Waals surface area contributed by atoms with Crippen LogP contribution in [-0.4, -0.2) is 50.8 Å². The minimum atomic E-state index is -0.211. The van der Waals surface area contributed by atoms with E-state index in [9.17, 15) is 4.39 Å². The summed E-state index contributed by atoms with van der Waals surface area (Å²) < 4.78 is 15.7. The molecule has 0 radical (unpaired) electrons. The Morgan fingerprint density at radius 1 is 1.00 bits per heavy atom. The molecular formula is C27H33FN6. The molecule has 0 unspecified atom stereocenters. The molecule has 0 spiro atoms. The van der Waals surface area contributed by atoms with E-state index in [1.54, 1.807) is 12.4 Å². The van der Waals surface area contributed by atoms with Gasteiger partial charge in [-0.2, -0.15) is 5.10 Å². The van der Waals surface area contributed by atoms with Gasteiger partial charge in [0, 0.05) is 55.8 Å². The van der Waals surface area contributed by atoms with Gasteiger partial charge in [0.2, 0.25) is 5.95 Å². The molecule has 2 aromatic heterocycles. The SMILES string of the molecule is CC=C(Cn1nc(C2CCCCC2)cc1-c1ccc(F)cc1)N1CCN(c2ncccn2)CC1. The fraction of sp³-hybridized carbons (Fsp3) is 0.444. The van der Waals surface area contributed by atoms with E-state index in [0.29, 0.717) is 12.5 Å². The van der Waals surface area contributed by atoms with Gasteiger partial charge >= 0.3 is 0 Å². The van der Waals surface area contributed by atoms with Crippen LogP contribution in [0.5, 0.6) is 0 Å². The van der Waals surface area contributed by atoms with Crippen LogP contribution in [0.15, 0.2) is 60.6 Å². The number of benzene rings is 1. The van der Waals surface area contributed by atoms with E-state index < -0.39 is 0 Å². The molecule has 7 heteroatoms. The van der Waals surface area contributed by atoms with Crippen molar-refractivity contribution in [3.8, 4) is 11.3 Å². The van der Waals surface area contributed by atoms with Crippen molar-refractivity contribution in [1.82, 2.24) is 24.6 Å². The number of rotatable bonds is 6. The normalized spacial score (nSPS) is 17.9. The summed E-state index contributed by atoms with van der Waals surface area (Å²) >= 11 is 0. The Morgan fingerprint density at radius 3 is 2.38 bits per heavy atom. The lowest BCUT2D eigenvalue weighted by molar-refractivity contribution is 0.300. The first-order chi connectivity index (χ1) is 16.7. The Labute approximate surface area is 201 Å². The first-order valence-electron chi connectivity index (χ1n) is 12.5. The van der Waals surface area contributed by atoms with Crippen LogP contribution in [-0.2, 0) is 6.54 Å². The average molecular weight is 461 g/mol. The van der Waals surface area contributed by atoms with E-state index in [-0.39, 0.29) is 5.82 Å². The maximum absolute atomic E-state index is 13.6. The Bertz CT molecular complexity index is 1090. The van der Waals surface area contributed by atoms with Crippen molar-refractivity contribution >= 4 is 5.95 Å². The number of nitrogens with zero attached hydrogens (tertiary/aromatic N) is 6. The molecule has 0 amide bonds. The Kier molecular flexibility index (Phi) is 6.88. The van der Waals surface area contributed by atoms with Crippen molar-refractivity contribution in [3.63, 3.8) is 0 Å². The minimum Gasteiger partial charge on any atom is -0.370 e. The molecule has 1 aliphatic heterocycles. The molecule has 34 heavy (non-hydrogen) atoms. The van der Waals surface area contributed by atoms with Gasteiger partial charge in [-0.1, -0.05) is 25.3 Å². The van der Waals surface area contributed by atoms with Crippen LogP contribution in [0.1, 0.15) is 50.6 Å². The van der Waals surface area contributed by atoms with Gasteiger partial charge in [-0.3, -0.25) is 4.68 Å². The third-order valence-electron chi connectivity index (χ3n) is 7.13. The average Bonchev–Trinajstić information content (AvgIpc) is 3.33. The molecule has 3 aromatic rings. The molecule has 5 rings (SSSR count). The number of piperazine rings is 1. The number of anilines is 1. The number of aromatic nitrogens is 4. The molecule has 1 saturated carbocycles. The molecule has 0 N–H and O–H groups in total. The van der Waals surface area contributed by atoms with Gasteiger partial charge in [-0.15, -0.1) is 0 Å². The van der Waals surface area contributed by atoms with E-state index >= 15 is 0 Å². The number of hydrogen-bond donors (Lipinski definition) is 0. The van der Waals surface area contributed by atoms with Gasteiger partial charge in [-0.25, -0.2) is 14.4 Å². The van der Waals surface area contributed by atoms with Gasteiger partial charge in [0.1, 0.15) is 5.82 Å². The summed E-state index contributed by atoms with van der Waals surface area (Å²) in [5, 5.41) is 5.10. The Balaban J connectivity index is 1.35. The summed E-state index contributed by atoms with van der Waals surface area (Å²) in [5.74, 6) is 1.11. The lowest BCUT2D eigenvalue weighted by Crippen LogP contribution is -2.47. The Hall–Kier alpha value is -3.22. The van der Waals surface area contributed by atoms with E-state index in [1.165, 1.54) is 55.6 Å². The van der Waals surface area contributed by atoms with Gasteiger partial charge < -0.3 is 9.80 Å². The highest BCUT2D eigenvalue weighted by Crippen LogP contribution is 2.34. The van der Waals surface area contributed by atoms with Crippen LogP contribution in [0.4, 0.5) is 10.3 Å². The zero-order valence-corrected chi connectivity index (χ0v) is 19.9. The number of hydrogen-bond acceptors (Lipinski definition) is 5. The third-order valence-corrected chi connectivity index (χ3v) is 7.13. The maximum atomic E-state index is 13.6. The largest absolute Gasteiger partial charge is 0.370 e. The molecular weight excluding hydrogens is 427 g/mol. The molecule has 3 heterocycles. The maximum Gasteiger partial charge on any atom is 0.225 e. The molecule has 178 valence electrons. The zero-order chi connectivity index (χ0) is 23.3. The summed E-state index contributed by atoms with van der Waals surface area (Å²) in [4.78, 5) is 13.5. The predicted octanol–water partition coefficient (Wildman–Crippen LogP) is 5.25. The smallest absolute Gasteiger partial charge is 0.225 e. The molecule has 1 aromatic carbocycles. The van der Waals surface area contributed by atoms with Gasteiger partial charge in [0.25, 0.3) is 0 Å². The Morgan fingerprint density at radius 2 is 1.71 bits per heavy atom. The lowest BCUT2D eigenvalue weighted by atomic mass is 9.87. The highest BCUT2D eigenvalue weighted by atomic mass is 19.1. The fourth-order valence-corrected chi connectivity index (χ4v) is 5.18. The summed E-state index contributed by atoms with van der Waals surface area (Å²) in [5.41, 5.74) is 4.52. The van der Waals surface area contributed by atoms with Crippen LogP contribution >= 0.6 is 0 Å². The molecule has 0 bridgehead atoms. The fourth-order valence-electron chi connectivity index (χ4n) is 5.18. The molecule has 1 saturated heterocycles. The molecule has 0 atom stereocenters. The van der Waals surface area contributed by atoms with Crippen molar-refractivity contribution in [2.75, 3.05) is 31.1 Å². The van der Waals surface area contributed by atoms with Crippen LogP contribution in [0, 0.1) is 5.82 Å². The van der Waals surface area contributed by atoms with Gasteiger partial charge in [0.15, 0.2) is 0 Å². The molecule has 1 aliphatic carbocycles. The standard InChI is InChI=1S/C27H33FN6/c1-2-24(32-15-17-33(18-16-32)27-29-13-6-14-30-27)20-34-26(22-9-11-23(28)12-10-22)19-25(31-34)21-7-4-3-5-8-21/h2,6,9-14,19,21H,3-5,7-8,15-18,20H2,1H3. The van der Waals surface area contributed by atoms with Crippen LogP contribution in [0.25, 0.3) is 11.3 Å². The van der Waals surface area contributed by atoms with E-state index in [0.717, 1.165) is 43.4 Å².